The molecule has 0 amide bonds. The summed E-state index contributed by atoms with van der Waals surface area (Å²) in [7, 11) is 0. The van der Waals surface area contributed by atoms with Crippen molar-refractivity contribution in [3.05, 3.63) is 39.9 Å². The van der Waals surface area contributed by atoms with Gasteiger partial charge in [0.2, 0.25) is 0 Å². The summed E-state index contributed by atoms with van der Waals surface area (Å²) in [5.74, 6) is 0. The molecule has 0 radical (unpaired) electrons. The molecule has 1 aromatic rings. The molecule has 16 heavy (non-hydrogen) atoms. The Morgan fingerprint density at radius 3 is 2.88 bits per heavy atom. The molecule has 0 bridgehead atoms. The Morgan fingerprint density at radius 1 is 1.50 bits per heavy atom. The number of nitro benzene ring substituents is 1. The Balaban J connectivity index is 2.12. The quantitative estimate of drug-likeness (QED) is 0.613. The maximum Gasteiger partial charge on any atom is 0.273 e. The van der Waals surface area contributed by atoms with E-state index in [2.05, 4.69) is 4.90 Å². The van der Waals surface area contributed by atoms with Gasteiger partial charge in [0.15, 0.2) is 0 Å². The van der Waals surface area contributed by atoms with Gasteiger partial charge in [0, 0.05) is 37.3 Å². The summed E-state index contributed by atoms with van der Waals surface area (Å²) in [4.78, 5) is 12.7. The third-order valence-electron chi connectivity index (χ3n) is 2.89. The lowest BCUT2D eigenvalue weighted by molar-refractivity contribution is -0.385. The average molecular weight is 221 g/mol. The molecule has 0 unspecified atom stereocenters. The SMILES string of the molecule is N[C@H]1CCN(Cc2ccccc2[N+](=O)[O-])C1. The lowest BCUT2D eigenvalue weighted by Crippen LogP contribution is -2.26. The molecule has 1 atom stereocenters. The van der Waals surface area contributed by atoms with Crippen molar-refractivity contribution in [2.75, 3.05) is 13.1 Å². The number of rotatable bonds is 3. The van der Waals surface area contributed by atoms with Crippen LogP contribution in [0, 0.1) is 10.1 Å². The third-order valence-corrected chi connectivity index (χ3v) is 2.89. The molecular weight excluding hydrogens is 206 g/mol. The lowest BCUT2D eigenvalue weighted by Gasteiger charge is -2.14. The predicted molar refractivity (Wildman–Crippen MR) is 61.0 cm³/mol. The van der Waals surface area contributed by atoms with Gasteiger partial charge in [0.1, 0.15) is 0 Å². The van der Waals surface area contributed by atoms with Gasteiger partial charge in [0.25, 0.3) is 5.69 Å². The number of likely N-dealkylation sites (tertiary alicyclic amines) is 1. The maximum atomic E-state index is 10.8. The van der Waals surface area contributed by atoms with Crippen LogP contribution in [-0.4, -0.2) is 29.0 Å². The number of hydrogen-bond donors (Lipinski definition) is 1. The van der Waals surface area contributed by atoms with E-state index in [1.54, 1.807) is 12.1 Å². The highest BCUT2D eigenvalue weighted by molar-refractivity contribution is 5.39. The van der Waals surface area contributed by atoms with Crippen molar-refractivity contribution >= 4 is 5.69 Å². The minimum atomic E-state index is -0.328. The molecule has 1 heterocycles. The van der Waals surface area contributed by atoms with Crippen LogP contribution in [0.4, 0.5) is 5.69 Å². The molecule has 0 saturated carbocycles. The molecule has 0 spiro atoms. The zero-order valence-electron chi connectivity index (χ0n) is 9.00. The molecule has 2 rings (SSSR count). The summed E-state index contributed by atoms with van der Waals surface area (Å²) in [6.45, 7) is 2.37. The van der Waals surface area contributed by atoms with Gasteiger partial charge in [-0.15, -0.1) is 0 Å². The van der Waals surface area contributed by atoms with Crippen molar-refractivity contribution in [1.29, 1.82) is 0 Å². The Hall–Kier alpha value is -1.46. The molecule has 1 fully saturated rings. The largest absolute Gasteiger partial charge is 0.326 e. The second kappa shape index (κ2) is 4.59. The van der Waals surface area contributed by atoms with Gasteiger partial charge >= 0.3 is 0 Å². The average Bonchev–Trinajstić information content (AvgIpc) is 2.64. The second-order valence-corrected chi connectivity index (χ2v) is 4.17. The van der Waals surface area contributed by atoms with Crippen LogP contribution < -0.4 is 5.73 Å². The van der Waals surface area contributed by atoms with Crippen molar-refractivity contribution in [1.82, 2.24) is 4.90 Å². The smallest absolute Gasteiger partial charge is 0.273 e. The Morgan fingerprint density at radius 2 is 2.25 bits per heavy atom. The van der Waals surface area contributed by atoms with E-state index in [1.807, 2.05) is 12.1 Å². The van der Waals surface area contributed by atoms with E-state index in [0.717, 1.165) is 25.1 Å². The van der Waals surface area contributed by atoms with E-state index in [1.165, 1.54) is 0 Å². The first-order valence-electron chi connectivity index (χ1n) is 5.37. The second-order valence-electron chi connectivity index (χ2n) is 4.17. The molecule has 2 N–H and O–H groups in total. The number of nitro groups is 1. The van der Waals surface area contributed by atoms with Gasteiger partial charge in [-0.1, -0.05) is 18.2 Å². The molecule has 0 aromatic heterocycles. The number of hydrogen-bond acceptors (Lipinski definition) is 4. The van der Waals surface area contributed by atoms with E-state index in [0.29, 0.717) is 6.54 Å². The first-order valence-corrected chi connectivity index (χ1v) is 5.37. The highest BCUT2D eigenvalue weighted by Gasteiger charge is 2.21. The van der Waals surface area contributed by atoms with Gasteiger partial charge in [0.05, 0.1) is 4.92 Å². The van der Waals surface area contributed by atoms with Crippen LogP contribution in [0.25, 0.3) is 0 Å². The topological polar surface area (TPSA) is 72.4 Å². The van der Waals surface area contributed by atoms with E-state index >= 15 is 0 Å². The minimum absolute atomic E-state index is 0.197. The van der Waals surface area contributed by atoms with Crippen molar-refractivity contribution < 1.29 is 4.92 Å². The van der Waals surface area contributed by atoms with Gasteiger partial charge < -0.3 is 5.73 Å². The zero-order chi connectivity index (χ0) is 11.5. The summed E-state index contributed by atoms with van der Waals surface area (Å²) in [6, 6.07) is 7.09. The number of nitrogens with zero attached hydrogens (tertiary/aromatic N) is 2. The standard InChI is InChI=1S/C11H15N3O2/c12-10-5-6-13(8-10)7-9-3-1-2-4-11(9)14(15)16/h1-4,10H,5-8,12H2/t10-/m0/s1. The lowest BCUT2D eigenvalue weighted by atomic mass is 10.1. The van der Waals surface area contributed by atoms with E-state index in [9.17, 15) is 10.1 Å². The van der Waals surface area contributed by atoms with Crippen LogP contribution in [-0.2, 0) is 6.54 Å². The summed E-state index contributed by atoms with van der Waals surface area (Å²) in [5.41, 5.74) is 6.76. The van der Waals surface area contributed by atoms with E-state index < -0.39 is 0 Å². The molecule has 1 aromatic carbocycles. The zero-order valence-corrected chi connectivity index (χ0v) is 9.00. The van der Waals surface area contributed by atoms with Crippen LogP contribution in [0.3, 0.4) is 0 Å². The van der Waals surface area contributed by atoms with Crippen LogP contribution in [0.1, 0.15) is 12.0 Å². The van der Waals surface area contributed by atoms with E-state index in [4.69, 9.17) is 5.73 Å². The van der Waals surface area contributed by atoms with Crippen LogP contribution in [0.2, 0.25) is 0 Å². The first-order chi connectivity index (χ1) is 7.66. The van der Waals surface area contributed by atoms with Gasteiger partial charge in [-0.25, -0.2) is 0 Å². The monoisotopic (exact) mass is 221 g/mol. The third kappa shape index (κ3) is 2.37. The summed E-state index contributed by atoms with van der Waals surface area (Å²) < 4.78 is 0. The molecule has 1 aliphatic rings. The number of para-hydroxylation sites is 1. The summed E-state index contributed by atoms with van der Waals surface area (Å²) in [6.07, 6.45) is 0.973. The fourth-order valence-electron chi connectivity index (χ4n) is 2.07. The van der Waals surface area contributed by atoms with Crippen LogP contribution in [0.5, 0.6) is 0 Å². The van der Waals surface area contributed by atoms with Gasteiger partial charge in [-0.05, 0) is 6.42 Å². The van der Waals surface area contributed by atoms with Crippen LogP contribution >= 0.6 is 0 Å². The van der Waals surface area contributed by atoms with Crippen molar-refractivity contribution in [3.63, 3.8) is 0 Å². The molecule has 5 nitrogen and oxygen atoms in total. The highest BCUT2D eigenvalue weighted by Crippen LogP contribution is 2.21. The molecule has 5 heteroatoms. The highest BCUT2D eigenvalue weighted by atomic mass is 16.6. The molecule has 0 aliphatic carbocycles. The summed E-state index contributed by atoms with van der Waals surface area (Å²) >= 11 is 0. The first kappa shape index (κ1) is 11.0. The molecule has 1 saturated heterocycles. The van der Waals surface area contributed by atoms with Crippen LogP contribution in [0.15, 0.2) is 24.3 Å². The Bertz CT molecular complexity index is 395. The Kier molecular flexibility index (Phi) is 3.17. The number of benzene rings is 1. The normalized spacial score (nSPS) is 21.2. The van der Waals surface area contributed by atoms with Crippen molar-refractivity contribution in [2.45, 2.75) is 19.0 Å². The Labute approximate surface area is 94.0 Å². The van der Waals surface area contributed by atoms with Gasteiger partial charge in [-0.3, -0.25) is 15.0 Å². The maximum absolute atomic E-state index is 10.8. The van der Waals surface area contributed by atoms with Gasteiger partial charge in [-0.2, -0.15) is 0 Å². The molecular formula is C11H15N3O2. The molecule has 1 aliphatic heterocycles. The fourth-order valence-corrected chi connectivity index (χ4v) is 2.07. The minimum Gasteiger partial charge on any atom is -0.326 e. The van der Waals surface area contributed by atoms with Crippen molar-refractivity contribution in [2.24, 2.45) is 5.73 Å². The fraction of sp³-hybridized carbons (Fsp3) is 0.455. The summed E-state index contributed by atoms with van der Waals surface area (Å²) in [5, 5.41) is 10.8. The number of nitrogens with two attached hydrogens (primary N) is 1. The van der Waals surface area contributed by atoms with E-state index in [-0.39, 0.29) is 16.7 Å². The predicted octanol–water partition coefficient (Wildman–Crippen LogP) is 1.13. The molecule has 86 valence electrons. The van der Waals surface area contributed by atoms with Crippen molar-refractivity contribution in [3.8, 4) is 0 Å².